The van der Waals surface area contributed by atoms with E-state index < -0.39 is 5.60 Å². The number of aliphatic hydroxyl groups is 2. The minimum absolute atomic E-state index is 0.0752. The van der Waals surface area contributed by atoms with Gasteiger partial charge in [0.2, 0.25) is 0 Å². The van der Waals surface area contributed by atoms with E-state index in [9.17, 15) is 10.2 Å². The largest absolute Gasteiger partial charge is 0.393 e. The molecular weight excluding hydrogens is 176 g/mol. The highest BCUT2D eigenvalue weighted by Gasteiger charge is 2.49. The molecule has 2 N–H and O–H groups in total. The molecule has 0 aromatic carbocycles. The van der Waals surface area contributed by atoms with Gasteiger partial charge in [0.25, 0.3) is 0 Å². The fourth-order valence-corrected chi connectivity index (χ4v) is 2.74. The second-order valence-corrected chi connectivity index (χ2v) is 4.80. The number of aliphatic hydroxyl groups excluding tert-OH is 1. The summed E-state index contributed by atoms with van der Waals surface area (Å²) in [5.74, 6) is 0.435. The van der Waals surface area contributed by atoms with Gasteiger partial charge in [-0.2, -0.15) is 0 Å². The van der Waals surface area contributed by atoms with Crippen molar-refractivity contribution in [3.8, 4) is 0 Å². The van der Waals surface area contributed by atoms with Gasteiger partial charge >= 0.3 is 0 Å². The van der Waals surface area contributed by atoms with Crippen LogP contribution in [0.3, 0.4) is 0 Å². The maximum Gasteiger partial charge on any atom is 0.0725 e. The molecule has 2 nitrogen and oxygen atoms in total. The van der Waals surface area contributed by atoms with Gasteiger partial charge < -0.3 is 10.2 Å². The van der Waals surface area contributed by atoms with E-state index in [-0.39, 0.29) is 12.0 Å². The Morgan fingerprint density at radius 2 is 2.07 bits per heavy atom. The van der Waals surface area contributed by atoms with Crippen LogP contribution in [0.25, 0.3) is 0 Å². The van der Waals surface area contributed by atoms with Crippen LogP contribution in [0.15, 0.2) is 0 Å². The zero-order valence-electron chi connectivity index (χ0n) is 9.66. The quantitative estimate of drug-likeness (QED) is 0.715. The smallest absolute Gasteiger partial charge is 0.0725 e. The predicted octanol–water partition coefficient (Wildman–Crippen LogP) is 2.33. The summed E-state index contributed by atoms with van der Waals surface area (Å²) < 4.78 is 0. The molecule has 1 aliphatic rings. The molecule has 1 fully saturated rings. The van der Waals surface area contributed by atoms with Gasteiger partial charge in [0.1, 0.15) is 0 Å². The van der Waals surface area contributed by atoms with Crippen molar-refractivity contribution in [3.05, 3.63) is 0 Å². The highest BCUT2D eigenvalue weighted by Crippen LogP contribution is 2.46. The van der Waals surface area contributed by atoms with Crippen LogP contribution in [0, 0.1) is 11.8 Å². The number of hydrogen-bond donors (Lipinski definition) is 2. The normalized spacial score (nSPS) is 36.2. The lowest BCUT2D eigenvalue weighted by Crippen LogP contribution is -2.55. The SMILES string of the molecule is CCCC(O)C(CC)C1(O)CCC1C. The third kappa shape index (κ3) is 1.96. The van der Waals surface area contributed by atoms with Crippen LogP contribution in [0.1, 0.15) is 52.9 Å². The molecule has 0 aromatic rings. The van der Waals surface area contributed by atoms with Crippen LogP contribution in [0.5, 0.6) is 0 Å². The summed E-state index contributed by atoms with van der Waals surface area (Å²) in [7, 11) is 0. The summed E-state index contributed by atoms with van der Waals surface area (Å²) in [6.45, 7) is 6.22. The van der Waals surface area contributed by atoms with Crippen LogP contribution in [-0.4, -0.2) is 21.9 Å². The van der Waals surface area contributed by atoms with Crippen LogP contribution < -0.4 is 0 Å². The second kappa shape index (κ2) is 4.63. The van der Waals surface area contributed by atoms with E-state index in [4.69, 9.17) is 0 Å². The van der Waals surface area contributed by atoms with Crippen molar-refractivity contribution in [1.29, 1.82) is 0 Å². The first kappa shape index (κ1) is 12.0. The average Bonchev–Trinajstić information content (AvgIpc) is 2.17. The van der Waals surface area contributed by atoms with E-state index in [0.29, 0.717) is 5.92 Å². The van der Waals surface area contributed by atoms with Crippen molar-refractivity contribution in [3.63, 3.8) is 0 Å². The topological polar surface area (TPSA) is 40.5 Å². The molecule has 1 aliphatic carbocycles. The second-order valence-electron chi connectivity index (χ2n) is 4.80. The monoisotopic (exact) mass is 200 g/mol. The van der Waals surface area contributed by atoms with Gasteiger partial charge in [-0.05, 0) is 31.6 Å². The third-order valence-electron chi connectivity index (χ3n) is 3.96. The van der Waals surface area contributed by atoms with E-state index in [1.165, 1.54) is 0 Å². The van der Waals surface area contributed by atoms with Crippen LogP contribution in [0.4, 0.5) is 0 Å². The summed E-state index contributed by atoms with van der Waals surface area (Å²) in [6.07, 6.45) is 4.33. The van der Waals surface area contributed by atoms with Crippen LogP contribution >= 0.6 is 0 Å². The standard InChI is InChI=1S/C12H24O2/c1-4-6-11(13)10(5-2)12(14)8-7-9(12)3/h9-11,13-14H,4-8H2,1-3H3. The lowest BCUT2D eigenvalue weighted by atomic mass is 9.61. The summed E-state index contributed by atoms with van der Waals surface area (Å²) in [4.78, 5) is 0. The fraction of sp³-hybridized carbons (Fsp3) is 1.00. The van der Waals surface area contributed by atoms with Crippen LogP contribution in [0.2, 0.25) is 0 Å². The van der Waals surface area contributed by atoms with Gasteiger partial charge in [-0.1, -0.05) is 27.2 Å². The van der Waals surface area contributed by atoms with E-state index in [1.54, 1.807) is 0 Å². The van der Waals surface area contributed by atoms with Crippen molar-refractivity contribution in [2.24, 2.45) is 11.8 Å². The Morgan fingerprint density at radius 1 is 1.43 bits per heavy atom. The molecule has 4 unspecified atom stereocenters. The van der Waals surface area contributed by atoms with Crippen LogP contribution in [-0.2, 0) is 0 Å². The molecule has 2 heteroatoms. The molecule has 84 valence electrons. The molecule has 0 amide bonds. The van der Waals surface area contributed by atoms with Gasteiger partial charge in [-0.25, -0.2) is 0 Å². The third-order valence-corrected chi connectivity index (χ3v) is 3.96. The maximum absolute atomic E-state index is 10.4. The average molecular weight is 200 g/mol. The first-order chi connectivity index (χ1) is 6.56. The Bertz CT molecular complexity index is 181. The highest BCUT2D eigenvalue weighted by molar-refractivity contribution is 5.00. The molecule has 0 aromatic heterocycles. The minimum Gasteiger partial charge on any atom is -0.393 e. The van der Waals surface area contributed by atoms with E-state index in [0.717, 1.165) is 32.1 Å². The zero-order chi connectivity index (χ0) is 10.8. The first-order valence-electron chi connectivity index (χ1n) is 5.96. The van der Waals surface area contributed by atoms with Gasteiger partial charge in [-0.15, -0.1) is 0 Å². The lowest BCUT2D eigenvalue weighted by molar-refractivity contribution is -0.161. The summed E-state index contributed by atoms with van der Waals surface area (Å²) in [5, 5.41) is 20.3. The molecule has 0 aliphatic heterocycles. The van der Waals surface area contributed by atoms with Crippen molar-refractivity contribution < 1.29 is 10.2 Å². The lowest BCUT2D eigenvalue weighted by Gasteiger charge is -2.50. The maximum atomic E-state index is 10.4. The number of rotatable bonds is 5. The van der Waals surface area contributed by atoms with Crippen molar-refractivity contribution >= 4 is 0 Å². The Balaban J connectivity index is 2.61. The van der Waals surface area contributed by atoms with Crippen molar-refractivity contribution in [2.75, 3.05) is 0 Å². The fourth-order valence-electron chi connectivity index (χ4n) is 2.74. The van der Waals surface area contributed by atoms with E-state index in [1.807, 2.05) is 0 Å². The molecule has 0 bridgehead atoms. The molecule has 0 spiro atoms. The molecule has 4 atom stereocenters. The number of hydrogen-bond acceptors (Lipinski definition) is 2. The van der Waals surface area contributed by atoms with Gasteiger partial charge in [0.15, 0.2) is 0 Å². The van der Waals surface area contributed by atoms with E-state index in [2.05, 4.69) is 20.8 Å². The van der Waals surface area contributed by atoms with Gasteiger partial charge in [0.05, 0.1) is 11.7 Å². The molecule has 1 saturated carbocycles. The first-order valence-corrected chi connectivity index (χ1v) is 5.96. The van der Waals surface area contributed by atoms with E-state index >= 15 is 0 Å². The molecule has 0 saturated heterocycles. The Kier molecular flexibility index (Phi) is 3.96. The molecule has 0 radical (unpaired) electrons. The minimum atomic E-state index is -0.580. The Morgan fingerprint density at radius 3 is 2.36 bits per heavy atom. The summed E-state index contributed by atoms with van der Waals surface area (Å²) >= 11 is 0. The van der Waals surface area contributed by atoms with Gasteiger partial charge in [-0.3, -0.25) is 0 Å². The predicted molar refractivity (Wildman–Crippen MR) is 58.0 cm³/mol. The molecule has 0 heterocycles. The van der Waals surface area contributed by atoms with Gasteiger partial charge in [0, 0.05) is 5.92 Å². The highest BCUT2D eigenvalue weighted by atomic mass is 16.3. The summed E-state index contributed by atoms with van der Waals surface area (Å²) in [6, 6.07) is 0. The zero-order valence-corrected chi connectivity index (χ0v) is 9.66. The Labute approximate surface area is 87.3 Å². The van der Waals surface area contributed by atoms with Crippen molar-refractivity contribution in [2.45, 2.75) is 64.6 Å². The molecule has 14 heavy (non-hydrogen) atoms. The Hall–Kier alpha value is -0.0800. The van der Waals surface area contributed by atoms with Crippen molar-refractivity contribution in [1.82, 2.24) is 0 Å². The summed E-state index contributed by atoms with van der Waals surface area (Å²) in [5.41, 5.74) is -0.580. The molecular formula is C12H24O2. The molecule has 1 rings (SSSR count).